The van der Waals surface area contributed by atoms with Crippen LogP contribution in [0.25, 0.3) is 11.1 Å². The fraction of sp³-hybridized carbons (Fsp3) is 0.357. The normalized spacial score (nSPS) is 11.3. The van der Waals surface area contributed by atoms with E-state index in [1.165, 1.54) is 22.3 Å². The van der Waals surface area contributed by atoms with E-state index in [1.807, 2.05) is 19.9 Å². The maximum atomic E-state index is 11.5. The minimum absolute atomic E-state index is 0.360. The van der Waals surface area contributed by atoms with Gasteiger partial charge in [0, 0.05) is 28.6 Å². The molecule has 1 heterocycles. The lowest BCUT2D eigenvalue weighted by molar-refractivity contribution is 0.0696. The van der Waals surface area contributed by atoms with Crippen LogP contribution >= 0.6 is 11.8 Å². The van der Waals surface area contributed by atoms with E-state index in [0.29, 0.717) is 18.0 Å². The summed E-state index contributed by atoms with van der Waals surface area (Å²) < 4.78 is 0. The van der Waals surface area contributed by atoms with Crippen LogP contribution in [0.4, 0.5) is 0 Å². The van der Waals surface area contributed by atoms with Gasteiger partial charge in [-0.1, -0.05) is 43.7 Å². The molecule has 33 heavy (non-hydrogen) atoms. The molecular formula is C28H34N2O2S. The smallest absolute Gasteiger partial charge is 0.335 e. The summed E-state index contributed by atoms with van der Waals surface area (Å²) in [6, 6.07) is 12.3. The van der Waals surface area contributed by atoms with Crippen molar-refractivity contribution in [3.63, 3.8) is 0 Å². The number of nitrogens with zero attached hydrogens (tertiary/aromatic N) is 1. The van der Waals surface area contributed by atoms with Crippen LogP contribution in [0.15, 0.2) is 41.3 Å². The van der Waals surface area contributed by atoms with Gasteiger partial charge in [-0.3, -0.25) is 4.98 Å². The maximum Gasteiger partial charge on any atom is 0.335 e. The summed E-state index contributed by atoms with van der Waals surface area (Å²) >= 11 is 1.73. The second-order valence-corrected chi connectivity index (χ2v) is 10.1. The summed E-state index contributed by atoms with van der Waals surface area (Å²) in [5, 5.41) is 9.43. The number of aryl methyl sites for hydroxylation is 2. The lowest BCUT2D eigenvalue weighted by Crippen LogP contribution is -2.13. The van der Waals surface area contributed by atoms with Crippen LogP contribution in [0.3, 0.4) is 0 Å². The molecule has 3 N–H and O–H groups in total. The number of aromatic nitrogens is 1. The fourth-order valence-corrected chi connectivity index (χ4v) is 5.39. The Bertz CT molecular complexity index is 1170. The molecule has 174 valence electrons. The Morgan fingerprint density at radius 1 is 1.00 bits per heavy atom. The molecule has 0 atom stereocenters. The number of carbonyl (C=O) groups is 1. The molecule has 0 aliphatic rings. The number of carboxylic acids is 1. The van der Waals surface area contributed by atoms with E-state index >= 15 is 0 Å². The molecule has 0 amide bonds. The predicted molar refractivity (Wildman–Crippen MR) is 138 cm³/mol. The Morgan fingerprint density at radius 2 is 1.67 bits per heavy atom. The van der Waals surface area contributed by atoms with Crippen LogP contribution in [0.1, 0.15) is 63.4 Å². The summed E-state index contributed by atoms with van der Waals surface area (Å²) in [5.74, 6) is 0.345. The van der Waals surface area contributed by atoms with Crippen molar-refractivity contribution in [3.05, 3.63) is 81.2 Å². The van der Waals surface area contributed by atoms with Crippen molar-refractivity contribution in [2.24, 2.45) is 11.7 Å². The first-order chi connectivity index (χ1) is 15.6. The number of thioether (sulfide) groups is 1. The monoisotopic (exact) mass is 462 g/mol. The fourth-order valence-electron chi connectivity index (χ4n) is 4.20. The van der Waals surface area contributed by atoms with E-state index in [2.05, 4.69) is 52.0 Å². The lowest BCUT2D eigenvalue weighted by Gasteiger charge is -2.21. The molecule has 0 aliphatic heterocycles. The van der Waals surface area contributed by atoms with Gasteiger partial charge in [0.1, 0.15) is 0 Å². The number of carboxylic acid groups (broad SMARTS) is 1. The standard InChI is InChI=1S/C28H34N2O2S/c1-16(2)13-25-23(14-29)27(21-9-7-17(3)8-10-21)24(20(6)30-25)15-33-26-12-11-22(28(31)32)18(4)19(26)5/h7-12,16H,13-15,29H2,1-6H3,(H,31,32). The minimum Gasteiger partial charge on any atom is -0.478 e. The van der Waals surface area contributed by atoms with Gasteiger partial charge in [0.15, 0.2) is 0 Å². The summed E-state index contributed by atoms with van der Waals surface area (Å²) in [6.45, 7) is 12.9. The van der Waals surface area contributed by atoms with Gasteiger partial charge in [0.25, 0.3) is 0 Å². The molecule has 0 saturated heterocycles. The maximum absolute atomic E-state index is 11.5. The molecule has 3 aromatic rings. The van der Waals surface area contributed by atoms with Gasteiger partial charge in [0.2, 0.25) is 0 Å². The van der Waals surface area contributed by atoms with Crippen molar-refractivity contribution in [2.75, 3.05) is 0 Å². The molecule has 0 bridgehead atoms. The second kappa shape index (κ2) is 10.5. The number of aromatic carboxylic acids is 1. The summed E-state index contributed by atoms with van der Waals surface area (Å²) in [7, 11) is 0. The van der Waals surface area contributed by atoms with Crippen LogP contribution < -0.4 is 5.73 Å². The SMILES string of the molecule is Cc1ccc(-c2c(CSc3ccc(C(=O)O)c(C)c3C)c(C)nc(CC(C)C)c2CN)cc1. The average Bonchev–Trinajstić information content (AvgIpc) is 2.75. The molecule has 3 rings (SSSR count). The van der Waals surface area contributed by atoms with Crippen molar-refractivity contribution in [2.45, 2.75) is 65.2 Å². The van der Waals surface area contributed by atoms with Gasteiger partial charge in [-0.15, -0.1) is 11.8 Å². The summed E-state index contributed by atoms with van der Waals surface area (Å²) in [4.78, 5) is 17.6. The Morgan fingerprint density at radius 3 is 2.24 bits per heavy atom. The first-order valence-electron chi connectivity index (χ1n) is 11.4. The minimum atomic E-state index is -0.887. The van der Waals surface area contributed by atoms with Gasteiger partial charge in [-0.2, -0.15) is 0 Å². The quantitative estimate of drug-likeness (QED) is 0.367. The number of hydrogen-bond acceptors (Lipinski definition) is 4. The molecule has 5 heteroatoms. The van der Waals surface area contributed by atoms with E-state index in [9.17, 15) is 9.90 Å². The number of rotatable bonds is 8. The van der Waals surface area contributed by atoms with Crippen molar-refractivity contribution in [1.82, 2.24) is 4.98 Å². The molecule has 2 aromatic carbocycles. The van der Waals surface area contributed by atoms with Gasteiger partial charge >= 0.3 is 5.97 Å². The lowest BCUT2D eigenvalue weighted by atomic mass is 9.90. The largest absolute Gasteiger partial charge is 0.478 e. The van der Waals surface area contributed by atoms with Crippen LogP contribution in [0.5, 0.6) is 0 Å². The van der Waals surface area contributed by atoms with E-state index < -0.39 is 5.97 Å². The van der Waals surface area contributed by atoms with E-state index in [1.54, 1.807) is 17.8 Å². The molecule has 1 aromatic heterocycles. The van der Waals surface area contributed by atoms with Crippen LogP contribution in [-0.2, 0) is 18.7 Å². The Labute approximate surface area is 201 Å². The molecule has 0 fully saturated rings. The zero-order valence-corrected chi connectivity index (χ0v) is 21.3. The van der Waals surface area contributed by atoms with Crippen molar-refractivity contribution < 1.29 is 9.90 Å². The molecule has 0 radical (unpaired) electrons. The number of pyridine rings is 1. The summed E-state index contributed by atoms with van der Waals surface area (Å²) in [6.07, 6.45) is 0.897. The summed E-state index contributed by atoms with van der Waals surface area (Å²) in [5.41, 5.74) is 16.5. The van der Waals surface area contributed by atoms with Crippen LogP contribution in [0.2, 0.25) is 0 Å². The Balaban J connectivity index is 2.10. The molecule has 0 spiro atoms. The Hall–Kier alpha value is -2.63. The van der Waals surface area contributed by atoms with Gasteiger partial charge < -0.3 is 10.8 Å². The van der Waals surface area contributed by atoms with Gasteiger partial charge in [-0.05, 0) is 85.5 Å². The highest BCUT2D eigenvalue weighted by Gasteiger charge is 2.20. The third-order valence-corrected chi connectivity index (χ3v) is 7.36. The third kappa shape index (κ3) is 5.48. The van der Waals surface area contributed by atoms with Crippen molar-refractivity contribution in [3.8, 4) is 11.1 Å². The molecule has 0 unspecified atom stereocenters. The number of hydrogen-bond donors (Lipinski definition) is 2. The zero-order chi connectivity index (χ0) is 24.3. The highest BCUT2D eigenvalue weighted by molar-refractivity contribution is 7.98. The average molecular weight is 463 g/mol. The van der Waals surface area contributed by atoms with Crippen molar-refractivity contribution >= 4 is 17.7 Å². The van der Waals surface area contributed by atoms with E-state index in [4.69, 9.17) is 10.7 Å². The highest BCUT2D eigenvalue weighted by atomic mass is 32.2. The van der Waals surface area contributed by atoms with Crippen LogP contribution in [-0.4, -0.2) is 16.1 Å². The van der Waals surface area contributed by atoms with Crippen molar-refractivity contribution in [1.29, 1.82) is 0 Å². The molecular weight excluding hydrogens is 428 g/mol. The first-order valence-corrected chi connectivity index (χ1v) is 12.4. The third-order valence-electron chi connectivity index (χ3n) is 6.18. The van der Waals surface area contributed by atoms with E-state index in [0.717, 1.165) is 45.1 Å². The highest BCUT2D eigenvalue weighted by Crippen LogP contribution is 2.37. The second-order valence-electron chi connectivity index (χ2n) is 9.10. The molecule has 0 aliphatic carbocycles. The van der Waals surface area contributed by atoms with Crippen LogP contribution in [0, 0.1) is 33.6 Å². The predicted octanol–water partition coefficient (Wildman–Crippen LogP) is 6.63. The topological polar surface area (TPSA) is 76.2 Å². The van der Waals surface area contributed by atoms with E-state index in [-0.39, 0.29) is 0 Å². The number of nitrogens with two attached hydrogens (primary N) is 1. The number of benzene rings is 2. The zero-order valence-electron chi connectivity index (χ0n) is 20.5. The molecule has 4 nitrogen and oxygen atoms in total. The van der Waals surface area contributed by atoms with Gasteiger partial charge in [-0.25, -0.2) is 4.79 Å². The molecule has 0 saturated carbocycles. The van der Waals surface area contributed by atoms with Gasteiger partial charge in [0.05, 0.1) is 5.56 Å². The first kappa shape index (κ1) is 25.0. The Kier molecular flexibility index (Phi) is 7.98.